The van der Waals surface area contributed by atoms with Crippen LogP contribution >= 0.6 is 0 Å². The molecule has 0 saturated heterocycles. The highest BCUT2D eigenvalue weighted by Crippen LogP contribution is 2.10. The van der Waals surface area contributed by atoms with Crippen LogP contribution in [-0.4, -0.2) is 18.2 Å². The van der Waals surface area contributed by atoms with Gasteiger partial charge in [-0.05, 0) is 31.5 Å². The molecule has 0 fully saturated rings. The molecule has 0 radical (unpaired) electrons. The monoisotopic (exact) mass is 229 g/mol. The molecule has 0 bridgehead atoms. The van der Waals surface area contributed by atoms with E-state index in [1.165, 1.54) is 13.8 Å². The summed E-state index contributed by atoms with van der Waals surface area (Å²) in [5.41, 5.74) is 2.53. The molecule has 88 valence electrons. The molecule has 1 N–H and O–H groups in total. The number of benzene rings is 1. The van der Waals surface area contributed by atoms with Crippen LogP contribution < -0.4 is 5.32 Å². The molecule has 0 aromatic heterocycles. The maximum Gasteiger partial charge on any atom is 0.217 e. The Balaban J connectivity index is 2.79. The average molecular weight is 229 g/mol. The Bertz CT molecular complexity index is 507. The molecule has 0 atom stereocenters. The second-order valence-electron chi connectivity index (χ2n) is 3.80. The van der Waals surface area contributed by atoms with E-state index in [1.54, 1.807) is 6.07 Å². The summed E-state index contributed by atoms with van der Waals surface area (Å²) in [5.74, 6) is 5.77. The van der Waals surface area contributed by atoms with Crippen molar-refractivity contribution in [2.45, 2.75) is 20.8 Å². The summed E-state index contributed by atoms with van der Waals surface area (Å²) in [6, 6.07) is 5.41. The Morgan fingerprint density at radius 1 is 1.29 bits per heavy atom. The fourth-order valence-corrected chi connectivity index (χ4v) is 1.33. The summed E-state index contributed by atoms with van der Waals surface area (Å²) in [6.45, 7) is 5.24. The van der Waals surface area contributed by atoms with Crippen molar-refractivity contribution in [2.24, 2.45) is 0 Å². The summed E-state index contributed by atoms with van der Waals surface area (Å²) in [7, 11) is 0. The largest absolute Gasteiger partial charge is 0.345 e. The van der Waals surface area contributed by atoms with Crippen LogP contribution in [0.5, 0.6) is 0 Å². The molecule has 1 aromatic rings. The van der Waals surface area contributed by atoms with Crippen molar-refractivity contribution in [3.8, 4) is 11.8 Å². The predicted octanol–water partition coefficient (Wildman–Crippen LogP) is 1.69. The first-order chi connectivity index (χ1) is 8.00. The van der Waals surface area contributed by atoms with E-state index in [4.69, 9.17) is 0 Å². The van der Waals surface area contributed by atoms with E-state index in [0.717, 1.165) is 11.1 Å². The van der Waals surface area contributed by atoms with Gasteiger partial charge >= 0.3 is 0 Å². The zero-order valence-electron chi connectivity index (χ0n) is 10.3. The fraction of sp³-hybridized carbons (Fsp3) is 0.286. The lowest BCUT2D eigenvalue weighted by Crippen LogP contribution is -2.19. The van der Waals surface area contributed by atoms with Gasteiger partial charge in [-0.1, -0.05) is 17.9 Å². The number of ketones is 1. The van der Waals surface area contributed by atoms with E-state index in [9.17, 15) is 9.59 Å². The second-order valence-corrected chi connectivity index (χ2v) is 3.80. The topological polar surface area (TPSA) is 46.2 Å². The maximum atomic E-state index is 11.2. The zero-order valence-corrected chi connectivity index (χ0v) is 10.3. The van der Waals surface area contributed by atoms with Crippen molar-refractivity contribution < 1.29 is 9.59 Å². The Morgan fingerprint density at radius 3 is 2.53 bits per heavy atom. The van der Waals surface area contributed by atoms with E-state index in [1.807, 2.05) is 19.1 Å². The van der Waals surface area contributed by atoms with Gasteiger partial charge in [0.1, 0.15) is 0 Å². The van der Waals surface area contributed by atoms with Crippen molar-refractivity contribution in [3.63, 3.8) is 0 Å². The normalized spacial score (nSPS) is 9.12. The number of carbonyl (C=O) groups is 2. The molecule has 0 heterocycles. The van der Waals surface area contributed by atoms with Crippen molar-refractivity contribution in [1.29, 1.82) is 0 Å². The third-order valence-electron chi connectivity index (χ3n) is 2.28. The van der Waals surface area contributed by atoms with E-state index < -0.39 is 0 Å². The number of rotatable bonds is 2. The van der Waals surface area contributed by atoms with Gasteiger partial charge in [-0.25, -0.2) is 0 Å². The van der Waals surface area contributed by atoms with Gasteiger partial charge in [0.2, 0.25) is 5.91 Å². The highest BCUT2D eigenvalue weighted by atomic mass is 16.1. The highest BCUT2D eigenvalue weighted by molar-refractivity contribution is 5.94. The summed E-state index contributed by atoms with van der Waals surface area (Å²) in [4.78, 5) is 21.8. The molecular formula is C14H15NO2. The van der Waals surface area contributed by atoms with Crippen molar-refractivity contribution in [3.05, 3.63) is 34.9 Å². The molecule has 0 aliphatic rings. The van der Waals surface area contributed by atoms with Gasteiger partial charge < -0.3 is 5.32 Å². The van der Waals surface area contributed by atoms with Gasteiger partial charge in [0.05, 0.1) is 6.54 Å². The lowest BCUT2D eigenvalue weighted by atomic mass is 10.0. The van der Waals surface area contributed by atoms with E-state index >= 15 is 0 Å². The molecule has 0 aliphatic carbocycles. The Labute approximate surface area is 101 Å². The van der Waals surface area contributed by atoms with Crippen molar-refractivity contribution in [2.75, 3.05) is 6.54 Å². The number of nitrogens with one attached hydrogen (secondary N) is 1. The van der Waals surface area contributed by atoms with Crippen LogP contribution in [-0.2, 0) is 4.79 Å². The average Bonchev–Trinajstić information content (AvgIpc) is 2.25. The fourth-order valence-electron chi connectivity index (χ4n) is 1.33. The molecule has 0 aliphatic heterocycles. The Hall–Kier alpha value is -2.08. The SMILES string of the molecule is CC(=O)NCC#Cc1ccc(C(C)=O)cc1C. The van der Waals surface area contributed by atoms with E-state index in [-0.39, 0.29) is 11.7 Å². The van der Waals surface area contributed by atoms with E-state index in [0.29, 0.717) is 12.1 Å². The highest BCUT2D eigenvalue weighted by Gasteiger charge is 2.01. The van der Waals surface area contributed by atoms with Crippen LogP contribution in [0.2, 0.25) is 0 Å². The van der Waals surface area contributed by atoms with Gasteiger partial charge in [0.15, 0.2) is 5.78 Å². The van der Waals surface area contributed by atoms with Gasteiger partial charge in [0, 0.05) is 18.1 Å². The molecule has 0 spiro atoms. The van der Waals surface area contributed by atoms with Crippen LogP contribution in [0.4, 0.5) is 0 Å². The minimum Gasteiger partial charge on any atom is -0.345 e. The van der Waals surface area contributed by atoms with Gasteiger partial charge in [0.25, 0.3) is 0 Å². The number of Topliss-reactive ketones (excluding diaryl/α,β-unsaturated/α-hetero) is 1. The summed E-state index contributed by atoms with van der Waals surface area (Å²) >= 11 is 0. The smallest absolute Gasteiger partial charge is 0.217 e. The molecule has 0 saturated carbocycles. The van der Waals surface area contributed by atoms with Gasteiger partial charge in [-0.2, -0.15) is 0 Å². The lowest BCUT2D eigenvalue weighted by Gasteiger charge is -2.00. The first-order valence-electron chi connectivity index (χ1n) is 5.35. The van der Waals surface area contributed by atoms with Crippen LogP contribution in [0.25, 0.3) is 0 Å². The van der Waals surface area contributed by atoms with Crippen LogP contribution in [0, 0.1) is 18.8 Å². The third-order valence-corrected chi connectivity index (χ3v) is 2.28. The van der Waals surface area contributed by atoms with Crippen molar-refractivity contribution in [1.82, 2.24) is 5.32 Å². The molecule has 3 heteroatoms. The van der Waals surface area contributed by atoms with Crippen LogP contribution in [0.1, 0.15) is 35.3 Å². The third kappa shape index (κ3) is 4.12. The standard InChI is InChI=1S/C14H15NO2/c1-10-9-14(11(2)16)7-6-13(10)5-4-8-15-12(3)17/h6-7,9H,8H2,1-3H3,(H,15,17). The molecule has 1 rings (SSSR count). The quantitative estimate of drug-likeness (QED) is 0.619. The Kier molecular flexibility index (Phi) is 4.47. The van der Waals surface area contributed by atoms with Gasteiger partial charge in [-0.3, -0.25) is 9.59 Å². The first kappa shape index (κ1) is 13.0. The molecule has 17 heavy (non-hydrogen) atoms. The summed E-state index contributed by atoms with van der Waals surface area (Å²) in [5, 5.41) is 2.60. The molecule has 0 unspecified atom stereocenters. The van der Waals surface area contributed by atoms with E-state index in [2.05, 4.69) is 17.2 Å². The molecule has 3 nitrogen and oxygen atoms in total. The Morgan fingerprint density at radius 2 is 2.00 bits per heavy atom. The minimum atomic E-state index is -0.0945. The number of hydrogen-bond acceptors (Lipinski definition) is 2. The number of aryl methyl sites for hydroxylation is 1. The minimum absolute atomic E-state index is 0.0471. The summed E-state index contributed by atoms with van der Waals surface area (Å²) in [6.07, 6.45) is 0. The first-order valence-corrected chi connectivity index (χ1v) is 5.35. The lowest BCUT2D eigenvalue weighted by molar-refractivity contribution is -0.118. The maximum absolute atomic E-state index is 11.2. The predicted molar refractivity (Wildman–Crippen MR) is 66.7 cm³/mol. The van der Waals surface area contributed by atoms with Crippen LogP contribution in [0.3, 0.4) is 0 Å². The second kappa shape index (κ2) is 5.86. The van der Waals surface area contributed by atoms with Gasteiger partial charge in [-0.15, -0.1) is 0 Å². The van der Waals surface area contributed by atoms with Crippen molar-refractivity contribution >= 4 is 11.7 Å². The van der Waals surface area contributed by atoms with Crippen LogP contribution in [0.15, 0.2) is 18.2 Å². The zero-order chi connectivity index (χ0) is 12.8. The molecule has 1 aromatic carbocycles. The molecule has 1 amide bonds. The number of hydrogen-bond donors (Lipinski definition) is 1. The molecular weight excluding hydrogens is 214 g/mol. The number of carbonyl (C=O) groups excluding carboxylic acids is 2. The summed E-state index contributed by atoms with van der Waals surface area (Å²) < 4.78 is 0. The number of amides is 1.